The number of carbonyl (C=O) groups is 1. The van der Waals surface area contributed by atoms with E-state index in [1.165, 1.54) is 24.3 Å². The summed E-state index contributed by atoms with van der Waals surface area (Å²) in [7, 11) is -3.27. The van der Waals surface area contributed by atoms with Crippen molar-refractivity contribution in [2.24, 2.45) is 0 Å². The Morgan fingerprint density at radius 3 is 2.42 bits per heavy atom. The number of nitrogens with one attached hydrogen (secondary N) is 2. The first-order valence-electron chi connectivity index (χ1n) is 7.40. The summed E-state index contributed by atoms with van der Waals surface area (Å²) < 4.78 is 22.9. The van der Waals surface area contributed by atoms with Crippen LogP contribution in [0.1, 0.15) is 29.1 Å². The average Bonchev–Trinajstić information content (AvgIpc) is 2.98. The Bertz CT molecular complexity index is 958. The van der Waals surface area contributed by atoms with Crippen LogP contribution in [-0.4, -0.2) is 30.5 Å². The average molecular weight is 343 g/mol. The molecule has 0 fully saturated rings. The lowest BCUT2D eigenvalue weighted by Crippen LogP contribution is -2.27. The first kappa shape index (κ1) is 16.2. The minimum Gasteiger partial charge on any atom is -0.342 e. The van der Waals surface area contributed by atoms with Crippen molar-refractivity contribution < 1.29 is 13.2 Å². The Morgan fingerprint density at radius 2 is 1.79 bits per heavy atom. The van der Waals surface area contributed by atoms with Gasteiger partial charge in [0.15, 0.2) is 9.84 Å². The van der Waals surface area contributed by atoms with Crippen molar-refractivity contribution in [1.29, 1.82) is 0 Å². The van der Waals surface area contributed by atoms with Gasteiger partial charge in [-0.25, -0.2) is 13.4 Å². The Labute approximate surface area is 139 Å². The predicted octanol–water partition coefficient (Wildman–Crippen LogP) is 2.46. The maximum Gasteiger partial charge on any atom is 0.251 e. The van der Waals surface area contributed by atoms with E-state index in [2.05, 4.69) is 15.3 Å². The highest BCUT2D eigenvalue weighted by Crippen LogP contribution is 2.16. The maximum atomic E-state index is 12.3. The summed E-state index contributed by atoms with van der Waals surface area (Å²) in [6, 6.07) is 13.2. The van der Waals surface area contributed by atoms with Gasteiger partial charge in [0.1, 0.15) is 5.82 Å². The van der Waals surface area contributed by atoms with Gasteiger partial charge in [-0.1, -0.05) is 12.1 Å². The van der Waals surface area contributed by atoms with Gasteiger partial charge in [-0.3, -0.25) is 4.79 Å². The summed E-state index contributed by atoms with van der Waals surface area (Å²) in [5.74, 6) is 0.375. The van der Waals surface area contributed by atoms with E-state index in [4.69, 9.17) is 0 Å². The zero-order chi connectivity index (χ0) is 17.3. The molecule has 0 saturated carbocycles. The van der Waals surface area contributed by atoms with Crippen molar-refractivity contribution in [3.8, 4) is 0 Å². The van der Waals surface area contributed by atoms with Crippen molar-refractivity contribution in [2.75, 3.05) is 6.26 Å². The number of nitrogens with zero attached hydrogens (tertiary/aromatic N) is 1. The largest absolute Gasteiger partial charge is 0.342 e. The van der Waals surface area contributed by atoms with Crippen molar-refractivity contribution in [3.05, 3.63) is 59.9 Å². The molecule has 0 saturated heterocycles. The van der Waals surface area contributed by atoms with E-state index < -0.39 is 9.84 Å². The van der Waals surface area contributed by atoms with E-state index in [-0.39, 0.29) is 16.8 Å². The first-order chi connectivity index (χ1) is 11.3. The molecule has 0 bridgehead atoms. The number of fused-ring (bicyclic) bond motifs is 1. The van der Waals surface area contributed by atoms with E-state index in [0.29, 0.717) is 11.4 Å². The molecule has 0 aliphatic rings. The number of benzene rings is 2. The van der Waals surface area contributed by atoms with Crippen molar-refractivity contribution >= 4 is 26.8 Å². The van der Waals surface area contributed by atoms with E-state index in [1.54, 1.807) is 0 Å². The smallest absolute Gasteiger partial charge is 0.251 e. The number of para-hydroxylation sites is 2. The summed E-state index contributed by atoms with van der Waals surface area (Å²) in [5.41, 5.74) is 2.14. The Hall–Kier alpha value is -2.67. The second-order valence-corrected chi connectivity index (χ2v) is 7.65. The van der Waals surface area contributed by atoms with Crippen LogP contribution in [0, 0.1) is 0 Å². The highest BCUT2D eigenvalue weighted by Gasteiger charge is 2.15. The molecule has 2 aromatic carbocycles. The molecular formula is C17H17N3O3S. The number of aromatic amines is 1. The molecule has 0 spiro atoms. The quantitative estimate of drug-likeness (QED) is 0.761. The minimum absolute atomic E-state index is 0.185. The number of H-pyrrole nitrogens is 1. The highest BCUT2D eigenvalue weighted by molar-refractivity contribution is 7.90. The van der Waals surface area contributed by atoms with Gasteiger partial charge >= 0.3 is 0 Å². The van der Waals surface area contributed by atoms with Crippen molar-refractivity contribution in [1.82, 2.24) is 15.3 Å². The molecule has 124 valence electrons. The number of amides is 1. The van der Waals surface area contributed by atoms with Gasteiger partial charge in [0.25, 0.3) is 5.91 Å². The third kappa shape index (κ3) is 3.30. The van der Waals surface area contributed by atoms with E-state index in [1.807, 2.05) is 31.2 Å². The Morgan fingerprint density at radius 1 is 1.12 bits per heavy atom. The van der Waals surface area contributed by atoms with Crippen LogP contribution < -0.4 is 5.32 Å². The second-order valence-electron chi connectivity index (χ2n) is 5.63. The van der Waals surface area contributed by atoms with Crippen molar-refractivity contribution in [3.63, 3.8) is 0 Å². The molecule has 24 heavy (non-hydrogen) atoms. The third-order valence-electron chi connectivity index (χ3n) is 3.71. The zero-order valence-corrected chi connectivity index (χ0v) is 14.1. The third-order valence-corrected chi connectivity index (χ3v) is 4.84. The van der Waals surface area contributed by atoms with Crippen LogP contribution in [0.4, 0.5) is 0 Å². The topological polar surface area (TPSA) is 91.9 Å². The van der Waals surface area contributed by atoms with Crippen LogP contribution in [0.25, 0.3) is 11.0 Å². The van der Waals surface area contributed by atoms with Crippen LogP contribution in [0.3, 0.4) is 0 Å². The number of hydrogen-bond acceptors (Lipinski definition) is 4. The summed E-state index contributed by atoms with van der Waals surface area (Å²) in [4.78, 5) is 20.1. The molecule has 0 radical (unpaired) electrons. The Balaban J connectivity index is 1.76. The van der Waals surface area contributed by atoms with E-state index >= 15 is 0 Å². The highest BCUT2D eigenvalue weighted by atomic mass is 32.2. The van der Waals surface area contributed by atoms with Gasteiger partial charge in [0.2, 0.25) is 0 Å². The number of carbonyl (C=O) groups excluding carboxylic acids is 1. The van der Waals surface area contributed by atoms with Crippen LogP contribution in [0.15, 0.2) is 53.4 Å². The normalized spacial score (nSPS) is 12.9. The van der Waals surface area contributed by atoms with Crippen LogP contribution in [-0.2, 0) is 9.84 Å². The van der Waals surface area contributed by atoms with Gasteiger partial charge in [-0.2, -0.15) is 0 Å². The number of aromatic nitrogens is 2. The number of rotatable bonds is 4. The SMILES string of the molecule is CC(NC(=O)c1ccc(S(C)(=O)=O)cc1)c1nc2ccccc2[nH]1. The van der Waals surface area contributed by atoms with Gasteiger partial charge < -0.3 is 10.3 Å². The molecule has 0 aliphatic carbocycles. The number of imidazole rings is 1. The molecule has 1 amide bonds. The van der Waals surface area contributed by atoms with Crippen LogP contribution in [0.2, 0.25) is 0 Å². The number of sulfone groups is 1. The summed E-state index contributed by atoms with van der Waals surface area (Å²) in [6.07, 6.45) is 1.13. The molecule has 1 atom stereocenters. The van der Waals surface area contributed by atoms with Gasteiger partial charge in [-0.05, 0) is 43.3 Å². The maximum absolute atomic E-state index is 12.3. The van der Waals surface area contributed by atoms with Crippen molar-refractivity contribution in [2.45, 2.75) is 17.9 Å². The molecule has 6 nitrogen and oxygen atoms in total. The molecule has 2 N–H and O–H groups in total. The molecule has 0 aliphatic heterocycles. The molecule has 3 aromatic rings. The van der Waals surface area contributed by atoms with E-state index in [9.17, 15) is 13.2 Å². The lowest BCUT2D eigenvalue weighted by Gasteiger charge is -2.11. The minimum atomic E-state index is -3.27. The fourth-order valence-electron chi connectivity index (χ4n) is 2.38. The van der Waals surface area contributed by atoms with E-state index in [0.717, 1.165) is 17.3 Å². The fourth-order valence-corrected chi connectivity index (χ4v) is 3.01. The molecule has 1 aromatic heterocycles. The number of hydrogen-bond donors (Lipinski definition) is 2. The van der Waals surface area contributed by atoms with Crippen LogP contribution in [0.5, 0.6) is 0 Å². The molecule has 1 heterocycles. The molecule has 1 unspecified atom stereocenters. The first-order valence-corrected chi connectivity index (χ1v) is 9.29. The van der Waals surface area contributed by atoms with Gasteiger partial charge in [-0.15, -0.1) is 0 Å². The lowest BCUT2D eigenvalue weighted by molar-refractivity contribution is 0.0938. The zero-order valence-electron chi connectivity index (χ0n) is 13.3. The molecular weight excluding hydrogens is 326 g/mol. The lowest BCUT2D eigenvalue weighted by atomic mass is 10.2. The fraction of sp³-hybridized carbons (Fsp3) is 0.176. The van der Waals surface area contributed by atoms with Crippen LogP contribution >= 0.6 is 0 Å². The second kappa shape index (κ2) is 6.09. The summed E-state index contributed by atoms with van der Waals surface area (Å²) >= 11 is 0. The molecule has 7 heteroatoms. The molecule has 3 rings (SSSR count). The summed E-state index contributed by atoms with van der Waals surface area (Å²) in [6.45, 7) is 1.83. The predicted molar refractivity (Wildman–Crippen MR) is 91.5 cm³/mol. The summed E-state index contributed by atoms with van der Waals surface area (Å²) in [5, 5.41) is 2.85. The standard InChI is InChI=1S/C17H17N3O3S/c1-11(16-19-14-5-3-4-6-15(14)20-16)18-17(21)12-7-9-13(10-8-12)24(2,22)23/h3-11H,1-2H3,(H,18,21)(H,19,20). The van der Waals surface area contributed by atoms with Gasteiger partial charge in [0, 0.05) is 11.8 Å². The Kier molecular flexibility index (Phi) is 4.11. The monoisotopic (exact) mass is 343 g/mol. The van der Waals surface area contributed by atoms with Gasteiger partial charge in [0.05, 0.1) is 22.0 Å².